The fraction of sp³-hybridized carbons (Fsp3) is 0.545. The van der Waals surface area contributed by atoms with Gasteiger partial charge in [-0.3, -0.25) is 4.98 Å². The van der Waals surface area contributed by atoms with E-state index in [1.54, 1.807) is 12.4 Å². The lowest BCUT2D eigenvalue weighted by Gasteiger charge is -2.38. The van der Waals surface area contributed by atoms with E-state index >= 15 is 0 Å². The van der Waals surface area contributed by atoms with Crippen molar-refractivity contribution in [3.63, 3.8) is 0 Å². The summed E-state index contributed by atoms with van der Waals surface area (Å²) >= 11 is 0. The number of rotatable bonds is 4. The van der Waals surface area contributed by atoms with Crippen LogP contribution in [-0.2, 0) is 6.18 Å². The van der Waals surface area contributed by atoms with Gasteiger partial charge in [0.05, 0.1) is 18.0 Å². The summed E-state index contributed by atoms with van der Waals surface area (Å²) in [4.78, 5) is 14.4. The van der Waals surface area contributed by atoms with Gasteiger partial charge in [-0.05, 0) is 44.0 Å². The Hall–Kier alpha value is -2.39. The smallest absolute Gasteiger partial charge is 0.388 e. The number of aliphatic hydroxyl groups excluding tert-OH is 1. The number of aliphatic hydroxyl groups is 1. The van der Waals surface area contributed by atoms with Gasteiger partial charge in [0, 0.05) is 62.9 Å². The minimum atomic E-state index is -4.43. The second-order valence-electron chi connectivity index (χ2n) is 8.39. The Morgan fingerprint density at radius 2 is 1.68 bits per heavy atom. The molecule has 0 aliphatic carbocycles. The van der Waals surface area contributed by atoms with Crippen molar-refractivity contribution >= 4 is 11.4 Å². The molecular formula is C22H28F3N5O. The molecule has 4 rings (SSSR count). The van der Waals surface area contributed by atoms with Crippen molar-refractivity contribution in [1.29, 1.82) is 0 Å². The van der Waals surface area contributed by atoms with Crippen LogP contribution in [0.2, 0.25) is 0 Å². The van der Waals surface area contributed by atoms with Crippen LogP contribution in [0.5, 0.6) is 0 Å². The minimum Gasteiger partial charge on any atom is -0.388 e. The summed E-state index contributed by atoms with van der Waals surface area (Å²) in [5, 5.41) is 11.2. The van der Waals surface area contributed by atoms with Gasteiger partial charge in [0.15, 0.2) is 0 Å². The third kappa shape index (κ3) is 4.93. The normalized spacial score (nSPS) is 20.2. The molecule has 0 radical (unpaired) electrons. The van der Waals surface area contributed by atoms with Gasteiger partial charge in [0.2, 0.25) is 0 Å². The molecule has 0 aromatic carbocycles. The summed E-state index contributed by atoms with van der Waals surface area (Å²) < 4.78 is 38.2. The van der Waals surface area contributed by atoms with Gasteiger partial charge in [0.25, 0.3) is 0 Å². The number of piperazine rings is 1. The van der Waals surface area contributed by atoms with Gasteiger partial charge in [-0.25, -0.2) is 4.98 Å². The summed E-state index contributed by atoms with van der Waals surface area (Å²) in [6.07, 6.45) is 1.27. The maximum atomic E-state index is 12.7. The number of halogens is 3. The van der Waals surface area contributed by atoms with Gasteiger partial charge in [-0.15, -0.1) is 0 Å². The van der Waals surface area contributed by atoms with Gasteiger partial charge in [0.1, 0.15) is 5.69 Å². The Balaban J connectivity index is 1.40. The highest BCUT2D eigenvalue weighted by Crippen LogP contribution is 2.37. The molecule has 2 fully saturated rings. The Morgan fingerprint density at radius 3 is 2.29 bits per heavy atom. The number of hydrogen-bond donors (Lipinski definition) is 1. The molecule has 0 amide bonds. The summed E-state index contributed by atoms with van der Waals surface area (Å²) in [6.45, 7) is 5.13. The van der Waals surface area contributed by atoms with Crippen molar-refractivity contribution in [1.82, 2.24) is 14.9 Å². The Bertz CT molecular complexity index is 860. The molecule has 9 heteroatoms. The highest BCUT2D eigenvalue weighted by molar-refractivity contribution is 5.54. The van der Waals surface area contributed by atoms with E-state index in [9.17, 15) is 18.3 Å². The third-order valence-electron chi connectivity index (χ3n) is 6.38. The SMILES string of the molecule is CN1CCN(c2ccncc2C(O)C2CCN(c3ccc(C(F)(F)F)nc3)CC2)CC1. The van der Waals surface area contributed by atoms with Crippen LogP contribution in [0.1, 0.15) is 30.2 Å². The maximum Gasteiger partial charge on any atom is 0.433 e. The molecule has 6 nitrogen and oxygen atoms in total. The van der Waals surface area contributed by atoms with Crippen molar-refractivity contribution in [3.8, 4) is 0 Å². The fourth-order valence-corrected chi connectivity index (χ4v) is 4.43. The predicted molar refractivity (Wildman–Crippen MR) is 113 cm³/mol. The molecule has 2 saturated heterocycles. The highest BCUT2D eigenvalue weighted by atomic mass is 19.4. The number of likely N-dealkylation sites (N-methyl/N-ethyl adjacent to an activating group) is 1. The van der Waals surface area contributed by atoms with Crippen molar-refractivity contribution in [2.24, 2.45) is 5.92 Å². The predicted octanol–water partition coefficient (Wildman–Crippen LogP) is 3.20. The van der Waals surface area contributed by atoms with E-state index in [1.807, 2.05) is 11.0 Å². The van der Waals surface area contributed by atoms with Gasteiger partial charge >= 0.3 is 6.18 Å². The molecular weight excluding hydrogens is 407 g/mol. The molecule has 0 bridgehead atoms. The molecule has 2 aromatic heterocycles. The third-order valence-corrected chi connectivity index (χ3v) is 6.38. The average Bonchev–Trinajstić information content (AvgIpc) is 2.79. The Labute approximate surface area is 180 Å². The van der Waals surface area contributed by atoms with E-state index < -0.39 is 18.0 Å². The van der Waals surface area contributed by atoms with E-state index in [0.717, 1.165) is 56.3 Å². The lowest BCUT2D eigenvalue weighted by Crippen LogP contribution is -2.45. The quantitative estimate of drug-likeness (QED) is 0.796. The van der Waals surface area contributed by atoms with E-state index in [0.29, 0.717) is 18.8 Å². The Kier molecular flexibility index (Phi) is 6.34. The summed E-state index contributed by atoms with van der Waals surface area (Å²) in [5.74, 6) is 0.0778. The second-order valence-corrected chi connectivity index (χ2v) is 8.39. The Morgan fingerprint density at radius 1 is 0.968 bits per heavy atom. The van der Waals surface area contributed by atoms with Crippen LogP contribution in [0.15, 0.2) is 36.8 Å². The molecule has 4 heterocycles. The zero-order valence-corrected chi connectivity index (χ0v) is 17.6. The molecule has 2 aliphatic rings. The van der Waals surface area contributed by atoms with E-state index in [1.165, 1.54) is 12.3 Å². The topological polar surface area (TPSA) is 55.7 Å². The van der Waals surface area contributed by atoms with Gasteiger partial charge in [-0.1, -0.05) is 0 Å². The number of hydrogen-bond acceptors (Lipinski definition) is 6. The van der Waals surface area contributed by atoms with E-state index in [4.69, 9.17) is 0 Å². The van der Waals surface area contributed by atoms with Crippen LogP contribution < -0.4 is 9.80 Å². The van der Waals surface area contributed by atoms with Crippen molar-refractivity contribution < 1.29 is 18.3 Å². The summed E-state index contributed by atoms with van der Waals surface area (Å²) in [7, 11) is 2.11. The largest absolute Gasteiger partial charge is 0.433 e. The van der Waals surface area contributed by atoms with Crippen molar-refractivity contribution in [3.05, 3.63) is 48.0 Å². The lowest BCUT2D eigenvalue weighted by atomic mass is 9.87. The maximum absolute atomic E-state index is 12.7. The summed E-state index contributed by atoms with van der Waals surface area (Å²) in [6, 6.07) is 4.47. The first-order valence-corrected chi connectivity index (χ1v) is 10.7. The van der Waals surface area contributed by atoms with Crippen molar-refractivity contribution in [2.45, 2.75) is 25.1 Å². The monoisotopic (exact) mass is 435 g/mol. The number of pyridine rings is 2. The van der Waals surface area contributed by atoms with Gasteiger partial charge in [-0.2, -0.15) is 13.2 Å². The molecule has 31 heavy (non-hydrogen) atoms. The fourth-order valence-electron chi connectivity index (χ4n) is 4.43. The van der Waals surface area contributed by atoms with Crippen LogP contribution in [0.25, 0.3) is 0 Å². The highest BCUT2D eigenvalue weighted by Gasteiger charge is 2.33. The van der Waals surface area contributed by atoms with Crippen LogP contribution >= 0.6 is 0 Å². The summed E-state index contributed by atoms with van der Waals surface area (Å²) in [5.41, 5.74) is 1.71. The number of piperidine rings is 1. The zero-order chi connectivity index (χ0) is 22.0. The average molecular weight is 435 g/mol. The van der Waals surface area contributed by atoms with Crippen LogP contribution in [0.3, 0.4) is 0 Å². The first-order chi connectivity index (χ1) is 14.8. The number of nitrogens with zero attached hydrogens (tertiary/aromatic N) is 5. The lowest BCUT2D eigenvalue weighted by molar-refractivity contribution is -0.141. The van der Waals surface area contributed by atoms with Crippen molar-refractivity contribution in [2.75, 3.05) is 56.1 Å². The van der Waals surface area contributed by atoms with Crippen LogP contribution in [-0.4, -0.2) is 66.3 Å². The molecule has 1 N–H and O–H groups in total. The zero-order valence-electron chi connectivity index (χ0n) is 17.6. The standard InChI is InChI=1S/C22H28F3N5O/c1-28-10-12-30(13-11-28)19-4-7-26-15-18(19)21(31)16-5-8-29(9-6-16)17-2-3-20(27-14-17)22(23,24)25/h2-4,7,14-16,21,31H,5-6,8-13H2,1H3. The molecule has 168 valence electrons. The molecule has 2 aliphatic heterocycles. The first kappa shape index (κ1) is 21.8. The van der Waals surface area contributed by atoms with Gasteiger partial charge < -0.3 is 19.8 Å². The molecule has 0 saturated carbocycles. The molecule has 2 aromatic rings. The van der Waals surface area contributed by atoms with E-state index in [2.05, 4.69) is 26.8 Å². The first-order valence-electron chi connectivity index (χ1n) is 10.7. The van der Waals surface area contributed by atoms with Crippen LogP contribution in [0.4, 0.5) is 24.5 Å². The van der Waals surface area contributed by atoms with Crippen LogP contribution in [0, 0.1) is 5.92 Å². The molecule has 1 atom stereocenters. The van der Waals surface area contributed by atoms with E-state index in [-0.39, 0.29) is 5.92 Å². The molecule has 0 spiro atoms. The second kappa shape index (κ2) is 9.00. The minimum absolute atomic E-state index is 0.0778. The number of aromatic nitrogens is 2. The number of alkyl halides is 3. The molecule has 1 unspecified atom stereocenters. The number of anilines is 2.